The zero-order valence-electron chi connectivity index (χ0n) is 9.78. The molecule has 1 aromatic rings. The van der Waals surface area contributed by atoms with Crippen LogP contribution in [0.2, 0.25) is 0 Å². The molecule has 0 aromatic heterocycles. The van der Waals surface area contributed by atoms with Crippen molar-refractivity contribution in [2.75, 3.05) is 5.75 Å². The largest absolute Gasteiger partial charge is 0.324 e. The van der Waals surface area contributed by atoms with Gasteiger partial charge in [0.15, 0.2) is 9.84 Å². The van der Waals surface area contributed by atoms with E-state index in [0.29, 0.717) is 11.3 Å². The van der Waals surface area contributed by atoms with Gasteiger partial charge in [0, 0.05) is 6.04 Å². The highest BCUT2D eigenvalue weighted by atomic mass is 32.2. The van der Waals surface area contributed by atoms with Crippen LogP contribution in [-0.2, 0) is 22.7 Å². The van der Waals surface area contributed by atoms with E-state index >= 15 is 0 Å². The van der Waals surface area contributed by atoms with Crippen LogP contribution in [0.1, 0.15) is 42.0 Å². The lowest BCUT2D eigenvalue weighted by molar-refractivity contribution is 0.594. The maximum atomic E-state index is 12.2. The molecule has 92 valence electrons. The van der Waals surface area contributed by atoms with Crippen LogP contribution >= 0.6 is 0 Å². The average molecular weight is 251 g/mol. The first-order chi connectivity index (χ1) is 8.08. The number of aryl methyl sites for hydroxylation is 2. The normalized spacial score (nSPS) is 26.1. The standard InChI is InChI=1S/C13H17NO2S/c14-12-5-2-6-17(15,16)13-8-10-4-1-3-9(10)7-11(12)13/h7-8,12H,1-6,14H2. The molecule has 4 heteroatoms. The molecule has 1 unspecified atom stereocenters. The van der Waals surface area contributed by atoms with Crippen molar-refractivity contribution in [3.05, 3.63) is 28.8 Å². The summed E-state index contributed by atoms with van der Waals surface area (Å²) in [5, 5.41) is 0. The molecular weight excluding hydrogens is 234 g/mol. The summed E-state index contributed by atoms with van der Waals surface area (Å²) in [5.41, 5.74) is 9.46. The van der Waals surface area contributed by atoms with Gasteiger partial charge in [-0.05, 0) is 54.9 Å². The van der Waals surface area contributed by atoms with Gasteiger partial charge < -0.3 is 5.73 Å². The van der Waals surface area contributed by atoms with Gasteiger partial charge in [-0.15, -0.1) is 0 Å². The fraction of sp³-hybridized carbons (Fsp3) is 0.538. The lowest BCUT2D eigenvalue weighted by Gasteiger charge is -2.14. The molecule has 0 fully saturated rings. The van der Waals surface area contributed by atoms with E-state index < -0.39 is 9.84 Å². The minimum atomic E-state index is -3.11. The zero-order chi connectivity index (χ0) is 12.0. The molecule has 0 saturated carbocycles. The minimum Gasteiger partial charge on any atom is -0.324 e. The van der Waals surface area contributed by atoms with E-state index in [1.165, 1.54) is 11.1 Å². The predicted octanol–water partition coefficient (Wildman–Crippen LogP) is 1.74. The van der Waals surface area contributed by atoms with Crippen LogP contribution in [0.3, 0.4) is 0 Å². The van der Waals surface area contributed by atoms with Crippen molar-refractivity contribution in [2.45, 2.75) is 43.0 Å². The van der Waals surface area contributed by atoms with Crippen LogP contribution in [0.15, 0.2) is 17.0 Å². The minimum absolute atomic E-state index is 0.117. The Balaban J connectivity index is 2.25. The Morgan fingerprint density at radius 3 is 2.59 bits per heavy atom. The fourth-order valence-electron chi connectivity index (χ4n) is 2.94. The molecule has 17 heavy (non-hydrogen) atoms. The molecule has 1 atom stereocenters. The molecule has 1 aliphatic heterocycles. The summed E-state index contributed by atoms with van der Waals surface area (Å²) in [6.07, 6.45) is 4.64. The Morgan fingerprint density at radius 1 is 1.12 bits per heavy atom. The number of benzene rings is 1. The van der Waals surface area contributed by atoms with Gasteiger partial charge in [-0.3, -0.25) is 0 Å². The lowest BCUT2D eigenvalue weighted by Crippen LogP contribution is -2.12. The Morgan fingerprint density at radius 2 is 1.82 bits per heavy atom. The Labute approximate surface area is 102 Å². The van der Waals surface area contributed by atoms with Gasteiger partial charge in [-0.2, -0.15) is 0 Å². The third kappa shape index (κ3) is 1.79. The van der Waals surface area contributed by atoms with Crippen molar-refractivity contribution in [3.8, 4) is 0 Å². The third-order valence-corrected chi connectivity index (χ3v) is 5.74. The summed E-state index contributed by atoms with van der Waals surface area (Å²) in [6, 6.07) is 3.82. The van der Waals surface area contributed by atoms with Gasteiger partial charge >= 0.3 is 0 Å². The molecule has 0 radical (unpaired) electrons. The summed E-state index contributed by atoms with van der Waals surface area (Å²) >= 11 is 0. The van der Waals surface area contributed by atoms with Crippen molar-refractivity contribution in [1.29, 1.82) is 0 Å². The van der Waals surface area contributed by atoms with Crippen molar-refractivity contribution in [1.82, 2.24) is 0 Å². The summed E-state index contributed by atoms with van der Waals surface area (Å²) in [7, 11) is -3.11. The Bertz CT molecular complexity index is 563. The maximum Gasteiger partial charge on any atom is 0.178 e. The first-order valence-electron chi connectivity index (χ1n) is 6.22. The summed E-state index contributed by atoms with van der Waals surface area (Å²) in [5.74, 6) is 0.243. The van der Waals surface area contributed by atoms with Crippen molar-refractivity contribution >= 4 is 9.84 Å². The van der Waals surface area contributed by atoms with Gasteiger partial charge in [-0.1, -0.05) is 6.07 Å². The SMILES string of the molecule is NC1CCCS(=O)(=O)c2cc3c(cc21)CCC3. The zero-order valence-corrected chi connectivity index (χ0v) is 10.6. The van der Waals surface area contributed by atoms with Crippen molar-refractivity contribution < 1.29 is 8.42 Å². The summed E-state index contributed by atoms with van der Waals surface area (Å²) < 4.78 is 24.4. The summed E-state index contributed by atoms with van der Waals surface area (Å²) in [6.45, 7) is 0. The number of nitrogens with two attached hydrogens (primary N) is 1. The van der Waals surface area contributed by atoms with Crippen LogP contribution in [0, 0.1) is 0 Å². The van der Waals surface area contributed by atoms with Crippen molar-refractivity contribution in [3.63, 3.8) is 0 Å². The molecule has 3 rings (SSSR count). The first kappa shape index (κ1) is 11.2. The highest BCUT2D eigenvalue weighted by Crippen LogP contribution is 2.34. The van der Waals surface area contributed by atoms with Gasteiger partial charge in [0.2, 0.25) is 0 Å². The van der Waals surface area contributed by atoms with Gasteiger partial charge in [0.25, 0.3) is 0 Å². The Hall–Kier alpha value is -0.870. The topological polar surface area (TPSA) is 60.2 Å². The van der Waals surface area contributed by atoms with Crippen molar-refractivity contribution in [2.24, 2.45) is 5.73 Å². The van der Waals surface area contributed by atoms with E-state index in [1.54, 1.807) is 0 Å². The van der Waals surface area contributed by atoms with Gasteiger partial charge in [-0.25, -0.2) is 8.42 Å². The molecule has 2 N–H and O–H groups in total. The highest BCUT2D eigenvalue weighted by molar-refractivity contribution is 7.91. The smallest absolute Gasteiger partial charge is 0.178 e. The van der Waals surface area contributed by atoms with E-state index in [0.717, 1.165) is 31.2 Å². The molecule has 3 nitrogen and oxygen atoms in total. The van der Waals surface area contributed by atoms with Crippen LogP contribution in [0.4, 0.5) is 0 Å². The van der Waals surface area contributed by atoms with E-state index in [1.807, 2.05) is 12.1 Å². The molecule has 0 spiro atoms. The monoisotopic (exact) mass is 251 g/mol. The molecule has 0 saturated heterocycles. The highest BCUT2D eigenvalue weighted by Gasteiger charge is 2.28. The lowest BCUT2D eigenvalue weighted by atomic mass is 9.99. The maximum absolute atomic E-state index is 12.2. The second-order valence-corrected chi connectivity index (χ2v) is 7.16. The van der Waals surface area contributed by atoms with Crippen LogP contribution in [0.25, 0.3) is 0 Å². The van der Waals surface area contributed by atoms with E-state index in [4.69, 9.17) is 5.73 Å². The average Bonchev–Trinajstić information content (AvgIpc) is 2.69. The van der Waals surface area contributed by atoms with Crippen LogP contribution < -0.4 is 5.73 Å². The third-order valence-electron chi connectivity index (χ3n) is 3.89. The second-order valence-electron chi connectivity index (χ2n) is 5.08. The predicted molar refractivity (Wildman–Crippen MR) is 66.7 cm³/mol. The number of hydrogen-bond acceptors (Lipinski definition) is 3. The van der Waals surface area contributed by atoms with Gasteiger partial charge in [0.1, 0.15) is 0 Å². The van der Waals surface area contributed by atoms with Crippen LogP contribution in [0.5, 0.6) is 0 Å². The molecule has 1 aromatic carbocycles. The number of fused-ring (bicyclic) bond motifs is 2. The van der Waals surface area contributed by atoms with E-state index in [-0.39, 0.29) is 11.8 Å². The number of sulfone groups is 1. The summed E-state index contributed by atoms with van der Waals surface area (Å²) in [4.78, 5) is 0.503. The second kappa shape index (κ2) is 3.82. The Kier molecular flexibility index (Phi) is 2.52. The molecular formula is C13H17NO2S. The van der Waals surface area contributed by atoms with E-state index in [9.17, 15) is 8.42 Å². The fourth-order valence-corrected chi connectivity index (χ4v) is 4.60. The van der Waals surface area contributed by atoms with E-state index in [2.05, 4.69) is 0 Å². The van der Waals surface area contributed by atoms with Gasteiger partial charge in [0.05, 0.1) is 10.6 Å². The quantitative estimate of drug-likeness (QED) is 0.764. The molecule has 1 heterocycles. The molecule has 0 bridgehead atoms. The number of hydrogen-bond donors (Lipinski definition) is 1. The first-order valence-corrected chi connectivity index (χ1v) is 7.87. The number of rotatable bonds is 0. The molecule has 1 aliphatic carbocycles. The molecule has 0 amide bonds. The van der Waals surface area contributed by atoms with Crippen LogP contribution in [-0.4, -0.2) is 14.2 Å². The molecule has 2 aliphatic rings.